The van der Waals surface area contributed by atoms with Crippen LogP contribution in [0.2, 0.25) is 0 Å². The van der Waals surface area contributed by atoms with Gasteiger partial charge in [0.1, 0.15) is 5.00 Å². The normalized spacial score (nSPS) is 23.2. The molecule has 2 bridgehead atoms. The molecule has 4 rings (SSSR count). The Kier molecular flexibility index (Phi) is 3.42. The summed E-state index contributed by atoms with van der Waals surface area (Å²) in [4.78, 5) is 36.7. The number of nitrogens with one attached hydrogen (secondary N) is 1. The van der Waals surface area contributed by atoms with E-state index in [4.69, 9.17) is 5.11 Å². The molecule has 7 nitrogen and oxygen atoms in total. The second-order valence-electron chi connectivity index (χ2n) is 5.26. The highest BCUT2D eigenvalue weighted by Gasteiger charge is 2.35. The van der Waals surface area contributed by atoms with Gasteiger partial charge in [-0.3, -0.25) is 9.69 Å². The van der Waals surface area contributed by atoms with Crippen LogP contribution in [0.25, 0.3) is 0 Å². The van der Waals surface area contributed by atoms with Gasteiger partial charge in [0.15, 0.2) is 0 Å². The van der Waals surface area contributed by atoms with Crippen LogP contribution in [0.5, 0.6) is 0 Å². The van der Waals surface area contributed by atoms with Crippen LogP contribution in [-0.4, -0.2) is 46.0 Å². The third-order valence-electron chi connectivity index (χ3n) is 4.02. The molecule has 3 N–H and O–H groups in total. The monoisotopic (exact) mass is 310 g/mol. The fourth-order valence-electron chi connectivity index (χ4n) is 3.08. The molecule has 21 heavy (non-hydrogen) atoms. The van der Waals surface area contributed by atoms with E-state index in [1.165, 1.54) is 11.3 Å². The summed E-state index contributed by atoms with van der Waals surface area (Å²) in [5.41, 5.74) is 0.853. The Hall–Kier alpha value is -1.93. The molecule has 8 heteroatoms. The first-order chi connectivity index (χ1) is 9.97. The van der Waals surface area contributed by atoms with Gasteiger partial charge in [0.05, 0.1) is 5.56 Å². The average molecular weight is 310 g/mol. The molecule has 1 fully saturated rings. The number of anilines is 1. The molecule has 1 saturated heterocycles. The van der Waals surface area contributed by atoms with Crippen LogP contribution in [0.3, 0.4) is 0 Å². The molecule has 0 atom stereocenters. The lowest BCUT2D eigenvalue weighted by Crippen LogP contribution is -2.29. The molecule has 0 aliphatic carbocycles. The maximum atomic E-state index is 11.6. The average Bonchev–Trinajstić information content (AvgIpc) is 2.59. The maximum absolute atomic E-state index is 11.6. The van der Waals surface area contributed by atoms with E-state index in [0.717, 1.165) is 36.4 Å². The molecule has 0 saturated carbocycles. The Bertz CT molecular complexity index is 631. The molecule has 1 aromatic heterocycles. The molecule has 112 valence electrons. The summed E-state index contributed by atoms with van der Waals surface area (Å²) in [6.45, 7) is 2.56. The van der Waals surface area contributed by atoms with E-state index < -0.39 is 17.8 Å². The van der Waals surface area contributed by atoms with Crippen LogP contribution < -0.4 is 5.32 Å². The molecule has 4 heterocycles. The highest BCUT2D eigenvalue weighted by molar-refractivity contribution is 7.17. The minimum atomic E-state index is -1.62. The van der Waals surface area contributed by atoms with E-state index in [1.807, 2.05) is 0 Å². The van der Waals surface area contributed by atoms with Crippen molar-refractivity contribution in [1.82, 2.24) is 4.90 Å². The molecule has 3 aliphatic rings. The number of carbonyl (C=O) groups excluding carboxylic acids is 1. The number of fused-ring (bicyclic) bond motifs is 2. The van der Waals surface area contributed by atoms with E-state index in [9.17, 15) is 19.5 Å². The number of hydrogen-bond acceptors (Lipinski definition) is 5. The van der Waals surface area contributed by atoms with E-state index >= 15 is 0 Å². The molecular weight excluding hydrogens is 296 g/mol. The van der Waals surface area contributed by atoms with Crippen LogP contribution in [0.15, 0.2) is 0 Å². The van der Waals surface area contributed by atoms with Crippen LogP contribution in [0.1, 0.15) is 39.6 Å². The standard InChI is InChI=1S/C13H14N2O5S/c16-10(13(19)20)14-11-9(12(17)18)8-6-1-3-15(4-2-6)5-7(8)21-11/h6H,1-5H2,(H,14,16)(H,17,18)(H,19,20). The minimum absolute atomic E-state index is 0.0679. The highest BCUT2D eigenvalue weighted by Crippen LogP contribution is 2.45. The van der Waals surface area contributed by atoms with Crippen molar-refractivity contribution >= 4 is 34.2 Å². The number of carboxylic acid groups (broad SMARTS) is 2. The number of amides is 1. The van der Waals surface area contributed by atoms with Gasteiger partial charge >= 0.3 is 17.8 Å². The Balaban J connectivity index is 2.05. The van der Waals surface area contributed by atoms with E-state index in [-0.39, 0.29) is 16.5 Å². The number of thiophene rings is 1. The lowest BCUT2D eigenvalue weighted by molar-refractivity contribution is -0.147. The predicted octanol–water partition coefficient (Wildman–Crippen LogP) is 1.16. The summed E-state index contributed by atoms with van der Waals surface area (Å²) in [6, 6.07) is 0. The van der Waals surface area contributed by atoms with Gasteiger partial charge < -0.3 is 15.5 Å². The summed E-state index contributed by atoms with van der Waals surface area (Å²) in [6.07, 6.45) is 1.80. The van der Waals surface area contributed by atoms with Crippen LogP contribution in [-0.2, 0) is 16.1 Å². The van der Waals surface area contributed by atoms with E-state index in [1.54, 1.807) is 0 Å². The number of rotatable bonds is 2. The summed E-state index contributed by atoms with van der Waals surface area (Å²) in [5.74, 6) is -3.77. The van der Waals surface area contributed by atoms with Gasteiger partial charge in [-0.1, -0.05) is 0 Å². The Morgan fingerprint density at radius 1 is 1.19 bits per heavy atom. The molecule has 0 spiro atoms. The summed E-state index contributed by atoms with van der Waals surface area (Å²) < 4.78 is 0. The third-order valence-corrected chi connectivity index (χ3v) is 5.13. The van der Waals surface area contributed by atoms with Crippen molar-refractivity contribution in [3.63, 3.8) is 0 Å². The van der Waals surface area contributed by atoms with Gasteiger partial charge in [-0.25, -0.2) is 9.59 Å². The lowest BCUT2D eigenvalue weighted by atomic mass is 9.89. The molecule has 3 aliphatic heterocycles. The minimum Gasteiger partial charge on any atom is -0.478 e. The zero-order valence-electron chi connectivity index (χ0n) is 11.1. The smallest absolute Gasteiger partial charge is 0.394 e. The Morgan fingerprint density at radius 2 is 1.86 bits per heavy atom. The Morgan fingerprint density at radius 3 is 2.43 bits per heavy atom. The fourth-order valence-corrected chi connectivity index (χ4v) is 4.40. The SMILES string of the molecule is O=C(O)C(=O)Nc1sc2c(c1C(=O)O)C1CCN(CC1)C2. The fraction of sp³-hybridized carbons (Fsp3) is 0.462. The zero-order chi connectivity index (χ0) is 15.1. The number of piperidine rings is 1. The van der Waals surface area contributed by atoms with Gasteiger partial charge in [0.25, 0.3) is 0 Å². The van der Waals surface area contributed by atoms with Crippen molar-refractivity contribution in [2.45, 2.75) is 25.3 Å². The summed E-state index contributed by atoms with van der Waals surface area (Å²) in [5, 5.41) is 20.5. The van der Waals surface area contributed by atoms with E-state index in [0.29, 0.717) is 6.54 Å². The van der Waals surface area contributed by atoms with Gasteiger partial charge in [0, 0.05) is 11.4 Å². The van der Waals surface area contributed by atoms with Gasteiger partial charge in [-0.05, 0) is 37.4 Å². The molecule has 0 radical (unpaired) electrons. The number of carbonyl (C=O) groups is 3. The molecule has 0 unspecified atom stereocenters. The Labute approximate surface area is 124 Å². The first-order valence-electron chi connectivity index (χ1n) is 6.63. The van der Waals surface area contributed by atoms with Crippen molar-refractivity contribution in [1.29, 1.82) is 0 Å². The van der Waals surface area contributed by atoms with Crippen LogP contribution >= 0.6 is 11.3 Å². The zero-order valence-corrected chi connectivity index (χ0v) is 11.9. The summed E-state index contributed by atoms with van der Waals surface area (Å²) >= 11 is 1.18. The lowest BCUT2D eigenvalue weighted by Gasteiger charge is -2.27. The number of aromatic carboxylic acids is 1. The molecule has 1 aromatic rings. The van der Waals surface area contributed by atoms with Crippen LogP contribution in [0, 0.1) is 0 Å². The first kappa shape index (κ1) is 14.0. The topological polar surface area (TPSA) is 107 Å². The molecular formula is C13H14N2O5S. The van der Waals surface area contributed by atoms with Crippen molar-refractivity contribution in [3.8, 4) is 0 Å². The highest BCUT2D eigenvalue weighted by atomic mass is 32.1. The second-order valence-corrected chi connectivity index (χ2v) is 6.36. The molecule has 1 amide bonds. The number of aliphatic carboxylic acids is 1. The number of nitrogens with zero attached hydrogens (tertiary/aromatic N) is 1. The van der Waals surface area contributed by atoms with Crippen LogP contribution in [0.4, 0.5) is 5.00 Å². The third kappa shape index (κ3) is 2.40. The quantitative estimate of drug-likeness (QED) is 0.708. The first-order valence-corrected chi connectivity index (χ1v) is 7.44. The second kappa shape index (κ2) is 5.12. The molecule has 0 aromatic carbocycles. The summed E-state index contributed by atoms with van der Waals surface area (Å²) in [7, 11) is 0. The van der Waals surface area contributed by atoms with Gasteiger partial charge in [0.2, 0.25) is 0 Å². The van der Waals surface area contributed by atoms with Gasteiger partial charge in [-0.15, -0.1) is 11.3 Å². The van der Waals surface area contributed by atoms with Gasteiger partial charge in [-0.2, -0.15) is 0 Å². The van der Waals surface area contributed by atoms with Crippen molar-refractivity contribution < 1.29 is 24.6 Å². The van der Waals surface area contributed by atoms with Crippen molar-refractivity contribution in [2.75, 3.05) is 18.4 Å². The maximum Gasteiger partial charge on any atom is 0.394 e. The number of carboxylic acids is 2. The van der Waals surface area contributed by atoms with E-state index in [2.05, 4.69) is 10.2 Å². The van der Waals surface area contributed by atoms with Crippen molar-refractivity contribution in [3.05, 3.63) is 16.0 Å². The number of hydrogen-bond donors (Lipinski definition) is 3. The van der Waals surface area contributed by atoms with Crippen molar-refractivity contribution in [2.24, 2.45) is 0 Å². The predicted molar refractivity (Wildman–Crippen MR) is 74.8 cm³/mol. The largest absolute Gasteiger partial charge is 0.478 e.